The van der Waals surface area contributed by atoms with Gasteiger partial charge in [0.05, 0.1) is 50.5 Å². The number of fused-ring (bicyclic) bond motifs is 3. The summed E-state index contributed by atoms with van der Waals surface area (Å²) in [6.07, 6.45) is 8.99. The number of halogens is 1. The minimum Gasteiger partial charge on any atom is -0.469 e. The zero-order valence-corrected chi connectivity index (χ0v) is 18.8. The van der Waals surface area contributed by atoms with E-state index in [1.807, 2.05) is 10.6 Å². The summed E-state index contributed by atoms with van der Waals surface area (Å²) < 4.78 is 27.7. The Morgan fingerprint density at radius 1 is 1.21 bits per heavy atom. The number of hydrogen-bond donors (Lipinski definition) is 0. The van der Waals surface area contributed by atoms with Crippen LogP contribution in [-0.4, -0.2) is 41.1 Å². The topological polar surface area (TPSA) is 70.4 Å². The summed E-state index contributed by atoms with van der Waals surface area (Å²) in [6.45, 7) is 0.373. The van der Waals surface area contributed by atoms with Gasteiger partial charge in [0.25, 0.3) is 0 Å². The largest absolute Gasteiger partial charge is 0.469 e. The number of carbonyl (C=O) groups is 2. The molecule has 4 fully saturated rings. The molecule has 3 unspecified atom stereocenters. The molecule has 0 N–H and O–H groups in total. The minimum absolute atomic E-state index is 0.122. The van der Waals surface area contributed by atoms with Gasteiger partial charge in [-0.05, 0) is 55.9 Å². The van der Waals surface area contributed by atoms with E-state index >= 15 is 0 Å². The second-order valence-electron chi connectivity index (χ2n) is 10.4. The highest BCUT2D eigenvalue weighted by Crippen LogP contribution is 2.62. The van der Waals surface area contributed by atoms with Crippen molar-refractivity contribution in [3.05, 3.63) is 42.1 Å². The van der Waals surface area contributed by atoms with Crippen molar-refractivity contribution in [1.82, 2.24) is 9.55 Å². The summed E-state index contributed by atoms with van der Waals surface area (Å²) >= 11 is 0. The van der Waals surface area contributed by atoms with Crippen LogP contribution in [0, 0.1) is 29.0 Å². The molecule has 2 heterocycles. The third-order valence-electron chi connectivity index (χ3n) is 8.67. The maximum absolute atomic E-state index is 14.9. The normalized spacial score (nSPS) is 33.1. The van der Waals surface area contributed by atoms with Crippen LogP contribution in [0.15, 0.2) is 30.7 Å². The summed E-state index contributed by atoms with van der Waals surface area (Å²) in [5.74, 6) is 1.02. The molecule has 7 heteroatoms. The van der Waals surface area contributed by atoms with Gasteiger partial charge < -0.3 is 14.0 Å². The van der Waals surface area contributed by atoms with Gasteiger partial charge in [-0.2, -0.15) is 0 Å². The lowest BCUT2D eigenvalue weighted by Crippen LogP contribution is -2.57. The summed E-state index contributed by atoms with van der Waals surface area (Å²) in [4.78, 5) is 29.6. The molecule has 0 radical (unpaired) electrons. The number of carbonyl (C=O) groups excluding carboxylic acids is 2. The number of Topliss-reactive ketones (excluding diaryl/α,β-unsaturated/α-hetero) is 1. The summed E-state index contributed by atoms with van der Waals surface area (Å²) in [6, 6.07) is 4.79. The monoisotopic (exact) mass is 452 g/mol. The van der Waals surface area contributed by atoms with Crippen LogP contribution in [0.1, 0.15) is 56.6 Å². The Hall–Kier alpha value is -2.54. The van der Waals surface area contributed by atoms with Gasteiger partial charge >= 0.3 is 5.97 Å². The predicted octanol–water partition coefficient (Wildman–Crippen LogP) is 4.33. The predicted molar refractivity (Wildman–Crippen MR) is 118 cm³/mol. The van der Waals surface area contributed by atoms with Crippen molar-refractivity contribution in [3.8, 4) is 11.3 Å². The molecule has 6 nitrogen and oxygen atoms in total. The Morgan fingerprint density at radius 2 is 2.00 bits per heavy atom. The smallest absolute Gasteiger partial charge is 0.307 e. The number of esters is 1. The number of aromatic nitrogens is 2. The second kappa shape index (κ2) is 7.76. The molecular formula is C26H29FN2O4. The van der Waals surface area contributed by atoms with Crippen molar-refractivity contribution < 1.29 is 23.5 Å². The van der Waals surface area contributed by atoms with Crippen LogP contribution in [0.25, 0.3) is 11.3 Å². The number of benzene rings is 1. The van der Waals surface area contributed by atoms with E-state index in [1.165, 1.54) is 13.2 Å². The first-order valence-corrected chi connectivity index (χ1v) is 12.0. The van der Waals surface area contributed by atoms with Crippen molar-refractivity contribution in [1.29, 1.82) is 0 Å². The highest BCUT2D eigenvalue weighted by molar-refractivity contribution is 5.87. The van der Waals surface area contributed by atoms with Gasteiger partial charge in [-0.1, -0.05) is 12.1 Å². The van der Waals surface area contributed by atoms with Crippen LogP contribution in [0.2, 0.25) is 0 Å². The molecule has 174 valence electrons. The Bertz CT molecular complexity index is 1100. The Morgan fingerprint density at radius 3 is 2.76 bits per heavy atom. The molecule has 1 aromatic heterocycles. The van der Waals surface area contributed by atoms with Gasteiger partial charge in [0.15, 0.2) is 0 Å². The molecule has 3 atom stereocenters. The van der Waals surface area contributed by atoms with Crippen LogP contribution < -0.4 is 0 Å². The van der Waals surface area contributed by atoms with Crippen LogP contribution in [0.4, 0.5) is 4.39 Å². The van der Waals surface area contributed by atoms with E-state index in [0.29, 0.717) is 36.3 Å². The third-order valence-corrected chi connectivity index (χ3v) is 8.67. The summed E-state index contributed by atoms with van der Waals surface area (Å²) in [5, 5.41) is 0. The first-order chi connectivity index (χ1) is 16.0. The molecule has 1 aromatic carbocycles. The van der Waals surface area contributed by atoms with E-state index < -0.39 is 0 Å². The fourth-order valence-corrected chi connectivity index (χ4v) is 7.56. The van der Waals surface area contributed by atoms with Gasteiger partial charge in [0.1, 0.15) is 11.6 Å². The first-order valence-electron chi connectivity index (χ1n) is 12.0. The standard InChI is InChI=1S/C26H29FN2O4/c1-32-23(31)5-6-33-25-16-7-15-8-17(25)12-26(10-15,11-16)22(30)9-20-24-18(3-2-4-19(24)27)21-13-28-14-29(20)21/h2-4,13-17,20,25H,5-12H2,1H3. The highest BCUT2D eigenvalue weighted by Gasteiger charge is 2.58. The quantitative estimate of drug-likeness (QED) is 0.585. The van der Waals surface area contributed by atoms with Gasteiger partial charge in [0, 0.05) is 23.0 Å². The SMILES string of the molecule is COC(=O)CCOC1C2CC3CC1CC(C(=O)CC1c4c(F)cccc4-c4cncn41)(C3)C2. The van der Waals surface area contributed by atoms with Crippen molar-refractivity contribution in [3.63, 3.8) is 0 Å². The Labute approximate surface area is 192 Å². The molecule has 0 amide bonds. The van der Waals surface area contributed by atoms with E-state index in [1.54, 1.807) is 18.6 Å². The number of ether oxygens (including phenoxy) is 2. The number of ketones is 1. The minimum atomic E-state index is -0.327. The van der Waals surface area contributed by atoms with E-state index in [2.05, 4.69) is 4.98 Å². The lowest BCUT2D eigenvalue weighted by molar-refractivity contribution is -0.174. The third kappa shape index (κ3) is 3.27. The zero-order chi connectivity index (χ0) is 22.7. The molecule has 4 bridgehead atoms. The molecule has 4 saturated carbocycles. The van der Waals surface area contributed by atoms with Crippen LogP contribution in [-0.2, 0) is 19.1 Å². The van der Waals surface area contributed by atoms with Gasteiger partial charge in [-0.25, -0.2) is 9.37 Å². The zero-order valence-electron chi connectivity index (χ0n) is 18.8. The van der Waals surface area contributed by atoms with E-state index in [-0.39, 0.29) is 41.6 Å². The van der Waals surface area contributed by atoms with Gasteiger partial charge in [0.2, 0.25) is 0 Å². The number of rotatable bonds is 7. The van der Waals surface area contributed by atoms with Crippen LogP contribution in [0.5, 0.6) is 0 Å². The number of imidazole rings is 1. The molecule has 33 heavy (non-hydrogen) atoms. The van der Waals surface area contributed by atoms with Gasteiger partial charge in [-0.15, -0.1) is 0 Å². The fourth-order valence-electron chi connectivity index (χ4n) is 7.56. The van der Waals surface area contributed by atoms with Crippen LogP contribution in [0.3, 0.4) is 0 Å². The highest BCUT2D eigenvalue weighted by atomic mass is 19.1. The molecule has 4 aliphatic carbocycles. The van der Waals surface area contributed by atoms with Gasteiger partial charge in [-0.3, -0.25) is 9.59 Å². The average molecular weight is 453 g/mol. The number of hydrogen-bond acceptors (Lipinski definition) is 5. The Balaban J connectivity index is 1.21. The number of methoxy groups -OCH3 is 1. The fraction of sp³-hybridized carbons (Fsp3) is 0.577. The van der Waals surface area contributed by atoms with E-state index in [4.69, 9.17) is 9.47 Å². The maximum Gasteiger partial charge on any atom is 0.307 e. The molecule has 5 aliphatic rings. The van der Waals surface area contributed by atoms with Crippen molar-refractivity contribution in [2.75, 3.05) is 13.7 Å². The van der Waals surface area contributed by atoms with E-state index in [9.17, 15) is 14.0 Å². The lowest BCUT2D eigenvalue weighted by Gasteiger charge is -2.59. The molecular weight excluding hydrogens is 423 g/mol. The van der Waals surface area contributed by atoms with E-state index in [0.717, 1.165) is 43.4 Å². The van der Waals surface area contributed by atoms with Crippen molar-refractivity contribution in [2.45, 2.75) is 57.1 Å². The van der Waals surface area contributed by atoms with Crippen molar-refractivity contribution in [2.24, 2.45) is 23.2 Å². The summed E-state index contributed by atoms with van der Waals surface area (Å²) in [5.41, 5.74) is 2.02. The molecule has 1 aliphatic heterocycles. The second-order valence-corrected chi connectivity index (χ2v) is 10.4. The molecule has 2 aromatic rings. The molecule has 7 rings (SSSR count). The number of nitrogens with zero attached hydrogens (tertiary/aromatic N) is 2. The summed E-state index contributed by atoms with van der Waals surface area (Å²) in [7, 11) is 1.39. The van der Waals surface area contributed by atoms with Crippen LogP contribution >= 0.6 is 0 Å². The maximum atomic E-state index is 14.9. The molecule has 0 saturated heterocycles. The first kappa shape index (κ1) is 21.0. The Kier molecular flexibility index (Phi) is 4.94. The molecule has 0 spiro atoms. The van der Waals surface area contributed by atoms with Crippen molar-refractivity contribution >= 4 is 11.8 Å². The average Bonchev–Trinajstić information content (AvgIpc) is 3.38. The lowest BCUT2D eigenvalue weighted by atomic mass is 9.47.